The van der Waals surface area contributed by atoms with Gasteiger partial charge in [-0.15, -0.1) is 0 Å². The maximum atomic E-state index is 13.9. The molecule has 0 spiro atoms. The summed E-state index contributed by atoms with van der Waals surface area (Å²) in [5, 5.41) is 9.46. The molecule has 0 saturated carbocycles. The van der Waals surface area contributed by atoms with Crippen molar-refractivity contribution in [3.8, 4) is 5.75 Å². The highest BCUT2D eigenvalue weighted by Crippen LogP contribution is 2.24. The number of aryl methyl sites for hydroxylation is 1. The monoisotopic (exact) mass is 587 g/mol. The van der Waals surface area contributed by atoms with Crippen molar-refractivity contribution in [1.29, 1.82) is 0 Å². The summed E-state index contributed by atoms with van der Waals surface area (Å²) in [6.07, 6.45) is 0.226. The normalized spacial score (nSPS) is 11.6. The minimum absolute atomic E-state index is 0.00563. The largest absolute Gasteiger partial charge is 0.489 e. The van der Waals surface area contributed by atoms with Crippen molar-refractivity contribution in [1.82, 2.24) is 4.31 Å². The number of rotatable bonds is 11. The van der Waals surface area contributed by atoms with Crippen LogP contribution >= 0.6 is 0 Å². The molecular weight excluding hydrogens is 562 g/mol. The van der Waals surface area contributed by atoms with Crippen LogP contribution in [0.4, 0.5) is 17.6 Å². The topological polar surface area (TPSA) is 83.9 Å². The molecule has 6 nitrogen and oxygen atoms in total. The molecule has 11 heteroatoms. The smallest absolute Gasteiger partial charge is 0.335 e. The van der Waals surface area contributed by atoms with Gasteiger partial charge >= 0.3 is 5.97 Å². The first-order chi connectivity index (χ1) is 19.4. The summed E-state index contributed by atoms with van der Waals surface area (Å²) in [4.78, 5) is 11.4. The molecule has 0 aliphatic rings. The molecule has 0 bridgehead atoms. The van der Waals surface area contributed by atoms with Crippen molar-refractivity contribution in [3.05, 3.63) is 130 Å². The van der Waals surface area contributed by atoms with E-state index in [2.05, 4.69) is 0 Å². The number of benzene rings is 4. The second-order valence-corrected chi connectivity index (χ2v) is 11.2. The molecule has 0 heterocycles. The fourth-order valence-electron chi connectivity index (χ4n) is 4.07. The quantitative estimate of drug-likeness (QED) is 0.210. The van der Waals surface area contributed by atoms with E-state index in [4.69, 9.17) is 4.74 Å². The Morgan fingerprint density at radius 1 is 0.780 bits per heavy atom. The molecule has 0 unspecified atom stereocenters. The van der Waals surface area contributed by atoms with Crippen molar-refractivity contribution in [2.45, 2.75) is 31.4 Å². The third kappa shape index (κ3) is 7.30. The van der Waals surface area contributed by atoms with Crippen LogP contribution in [0.1, 0.15) is 32.6 Å². The van der Waals surface area contributed by atoms with Crippen molar-refractivity contribution < 1.29 is 40.6 Å². The van der Waals surface area contributed by atoms with Crippen LogP contribution in [0.3, 0.4) is 0 Å². The van der Waals surface area contributed by atoms with Crippen LogP contribution in [0.2, 0.25) is 0 Å². The van der Waals surface area contributed by atoms with Crippen molar-refractivity contribution in [2.75, 3.05) is 6.54 Å². The van der Waals surface area contributed by atoms with Gasteiger partial charge in [0.05, 0.1) is 10.5 Å². The van der Waals surface area contributed by atoms with Gasteiger partial charge in [-0.1, -0.05) is 30.3 Å². The molecule has 0 aromatic heterocycles. The lowest BCUT2D eigenvalue weighted by Gasteiger charge is -2.23. The van der Waals surface area contributed by atoms with Crippen molar-refractivity contribution >= 4 is 16.0 Å². The highest BCUT2D eigenvalue weighted by atomic mass is 32.2. The predicted molar refractivity (Wildman–Crippen MR) is 143 cm³/mol. The SMILES string of the molecule is Cc1ccc(S(=O)(=O)N(CCc2ccc(OCc3ccc(F)c(F)c3)cc2)Cc2ccc(F)c(F)c2)cc1C(=O)O. The standard InChI is InChI=1S/C30H25F4NO5S/c1-19-2-9-24(16-25(19)30(36)37)41(38,39)35(17-21-5-10-26(31)28(33)14-21)13-12-20-3-7-23(8-4-20)40-18-22-6-11-27(32)29(34)15-22/h2-11,14-16H,12-13,17-18H2,1H3,(H,36,37). The van der Waals surface area contributed by atoms with Gasteiger partial charge in [-0.05, 0) is 84.1 Å². The van der Waals surface area contributed by atoms with Gasteiger partial charge in [0.2, 0.25) is 10.0 Å². The maximum absolute atomic E-state index is 13.9. The molecule has 4 aromatic carbocycles. The first-order valence-electron chi connectivity index (χ1n) is 12.4. The molecule has 0 fully saturated rings. The van der Waals surface area contributed by atoms with Gasteiger partial charge in [0.25, 0.3) is 0 Å². The van der Waals surface area contributed by atoms with Gasteiger partial charge in [0.1, 0.15) is 12.4 Å². The number of ether oxygens (including phenoxy) is 1. The van der Waals surface area contributed by atoms with E-state index in [1.54, 1.807) is 31.2 Å². The van der Waals surface area contributed by atoms with E-state index in [0.29, 0.717) is 16.9 Å². The van der Waals surface area contributed by atoms with Gasteiger partial charge in [-0.3, -0.25) is 0 Å². The highest BCUT2D eigenvalue weighted by molar-refractivity contribution is 7.89. The second kappa shape index (κ2) is 12.5. The molecule has 0 aliphatic heterocycles. The Kier molecular flexibility index (Phi) is 9.09. The Morgan fingerprint density at radius 3 is 1.98 bits per heavy atom. The van der Waals surface area contributed by atoms with Gasteiger partial charge in [-0.2, -0.15) is 4.31 Å². The molecule has 4 aromatic rings. The lowest BCUT2D eigenvalue weighted by Crippen LogP contribution is -2.33. The fraction of sp³-hybridized carbons (Fsp3) is 0.167. The Balaban J connectivity index is 1.52. The van der Waals surface area contributed by atoms with Gasteiger partial charge in [0, 0.05) is 13.1 Å². The van der Waals surface area contributed by atoms with Crippen LogP contribution < -0.4 is 4.74 Å². The number of carboxylic acid groups (broad SMARTS) is 1. The summed E-state index contributed by atoms with van der Waals surface area (Å²) in [7, 11) is -4.25. The summed E-state index contributed by atoms with van der Waals surface area (Å²) < 4.78 is 87.8. The lowest BCUT2D eigenvalue weighted by molar-refractivity contribution is 0.0695. The summed E-state index contributed by atoms with van der Waals surface area (Å²) in [5.41, 5.74) is 1.59. The second-order valence-electron chi connectivity index (χ2n) is 9.30. The van der Waals surface area contributed by atoms with E-state index in [9.17, 15) is 35.9 Å². The Labute approximate surface area is 234 Å². The molecule has 41 heavy (non-hydrogen) atoms. The summed E-state index contributed by atoms with van der Waals surface area (Å²) in [6.45, 7) is 1.20. The van der Waals surface area contributed by atoms with Gasteiger partial charge in [0.15, 0.2) is 23.3 Å². The molecule has 0 atom stereocenters. The number of hydrogen-bond acceptors (Lipinski definition) is 4. The third-order valence-electron chi connectivity index (χ3n) is 6.38. The number of nitrogens with zero attached hydrogens (tertiary/aromatic N) is 1. The number of carbonyl (C=O) groups is 1. The summed E-state index contributed by atoms with van der Waals surface area (Å²) in [5.74, 6) is -4.95. The van der Waals surface area contributed by atoms with E-state index in [0.717, 1.165) is 40.2 Å². The number of hydrogen-bond donors (Lipinski definition) is 1. The van der Waals surface area contributed by atoms with E-state index in [1.165, 1.54) is 24.3 Å². The zero-order chi connectivity index (χ0) is 29.7. The molecule has 1 N–H and O–H groups in total. The van der Waals surface area contributed by atoms with Crippen LogP contribution in [0.25, 0.3) is 0 Å². The average Bonchev–Trinajstić information content (AvgIpc) is 2.94. The van der Waals surface area contributed by atoms with Crippen LogP contribution in [0.5, 0.6) is 5.75 Å². The number of aromatic carboxylic acids is 1. The van der Waals surface area contributed by atoms with E-state index < -0.39 is 39.3 Å². The lowest BCUT2D eigenvalue weighted by atomic mass is 10.1. The average molecular weight is 588 g/mol. The van der Waals surface area contributed by atoms with E-state index in [-0.39, 0.29) is 42.1 Å². The molecule has 0 radical (unpaired) electrons. The highest BCUT2D eigenvalue weighted by Gasteiger charge is 2.26. The van der Waals surface area contributed by atoms with E-state index in [1.807, 2.05) is 0 Å². The number of sulfonamides is 1. The van der Waals surface area contributed by atoms with Crippen molar-refractivity contribution in [2.24, 2.45) is 0 Å². The van der Waals surface area contributed by atoms with Gasteiger partial charge in [-0.25, -0.2) is 30.8 Å². The molecule has 4 rings (SSSR count). The van der Waals surface area contributed by atoms with Crippen molar-refractivity contribution in [3.63, 3.8) is 0 Å². The number of halogens is 4. The number of carboxylic acids is 1. The first kappa shape index (κ1) is 29.8. The maximum Gasteiger partial charge on any atom is 0.335 e. The Hall–Kier alpha value is -4.22. The zero-order valence-corrected chi connectivity index (χ0v) is 22.6. The van der Waals surface area contributed by atoms with Crippen LogP contribution in [-0.2, 0) is 29.6 Å². The van der Waals surface area contributed by atoms with Crippen LogP contribution in [0.15, 0.2) is 83.8 Å². The minimum Gasteiger partial charge on any atom is -0.489 e. The molecule has 0 amide bonds. The molecular formula is C30H25F4NO5S. The predicted octanol–water partition coefficient (Wildman–Crippen LogP) is 6.26. The Bertz CT molecular complexity index is 1680. The summed E-state index contributed by atoms with van der Waals surface area (Å²) >= 11 is 0. The van der Waals surface area contributed by atoms with Gasteiger partial charge < -0.3 is 9.84 Å². The molecule has 0 saturated heterocycles. The van der Waals surface area contributed by atoms with Crippen LogP contribution in [-0.4, -0.2) is 30.3 Å². The summed E-state index contributed by atoms with van der Waals surface area (Å²) in [6, 6.07) is 17.0. The molecule has 214 valence electrons. The minimum atomic E-state index is -4.25. The van der Waals surface area contributed by atoms with Crippen LogP contribution in [0, 0.1) is 30.2 Å². The Morgan fingerprint density at radius 2 is 1.37 bits per heavy atom. The van der Waals surface area contributed by atoms with E-state index >= 15 is 0 Å². The zero-order valence-electron chi connectivity index (χ0n) is 21.8. The fourth-order valence-corrected chi connectivity index (χ4v) is 5.52. The molecule has 0 aliphatic carbocycles. The third-order valence-corrected chi connectivity index (χ3v) is 8.22. The first-order valence-corrected chi connectivity index (χ1v) is 13.8.